The van der Waals surface area contributed by atoms with E-state index in [9.17, 15) is 4.79 Å². The summed E-state index contributed by atoms with van der Waals surface area (Å²) in [6.45, 7) is 0.610. The molecule has 0 saturated carbocycles. The molecular weight excluding hydrogens is 276 g/mol. The summed E-state index contributed by atoms with van der Waals surface area (Å²) < 4.78 is 5.05. The molecule has 20 heavy (non-hydrogen) atoms. The van der Waals surface area contributed by atoms with Crippen LogP contribution in [0.15, 0.2) is 30.3 Å². The SMILES string of the molecule is COc1ccc(/C=C/C(=O)NC(=S)NCCCO)cc1. The van der Waals surface area contributed by atoms with E-state index >= 15 is 0 Å². The van der Waals surface area contributed by atoms with Crippen LogP contribution in [0.1, 0.15) is 12.0 Å². The average molecular weight is 294 g/mol. The summed E-state index contributed by atoms with van der Waals surface area (Å²) in [5, 5.41) is 14.2. The minimum atomic E-state index is -0.303. The molecule has 6 heteroatoms. The van der Waals surface area contributed by atoms with Gasteiger partial charge in [0, 0.05) is 19.2 Å². The third kappa shape index (κ3) is 6.31. The van der Waals surface area contributed by atoms with Crippen LogP contribution in [-0.2, 0) is 4.79 Å². The quantitative estimate of drug-likeness (QED) is 0.416. The lowest BCUT2D eigenvalue weighted by Crippen LogP contribution is -2.38. The summed E-state index contributed by atoms with van der Waals surface area (Å²) in [5.41, 5.74) is 0.889. The summed E-state index contributed by atoms with van der Waals surface area (Å²) in [6, 6.07) is 7.33. The van der Waals surface area contributed by atoms with Crippen molar-refractivity contribution in [2.24, 2.45) is 0 Å². The molecule has 1 rings (SSSR count). The Bertz CT molecular complexity index is 472. The molecule has 0 aliphatic carbocycles. The number of methoxy groups -OCH3 is 1. The first kappa shape index (κ1) is 16.1. The van der Waals surface area contributed by atoms with Crippen molar-refractivity contribution in [1.29, 1.82) is 0 Å². The molecule has 3 N–H and O–H groups in total. The Balaban J connectivity index is 2.40. The van der Waals surface area contributed by atoms with Crippen molar-refractivity contribution in [1.82, 2.24) is 10.6 Å². The van der Waals surface area contributed by atoms with Gasteiger partial charge in [-0.1, -0.05) is 12.1 Å². The van der Waals surface area contributed by atoms with Gasteiger partial charge in [-0.2, -0.15) is 0 Å². The third-order valence-corrected chi connectivity index (χ3v) is 2.65. The molecule has 0 saturated heterocycles. The molecule has 1 aromatic carbocycles. The molecule has 108 valence electrons. The molecule has 5 nitrogen and oxygen atoms in total. The Morgan fingerprint density at radius 1 is 1.40 bits per heavy atom. The summed E-state index contributed by atoms with van der Waals surface area (Å²) in [7, 11) is 1.60. The van der Waals surface area contributed by atoms with Crippen LogP contribution in [0.3, 0.4) is 0 Å². The van der Waals surface area contributed by atoms with Gasteiger partial charge in [0.15, 0.2) is 5.11 Å². The highest BCUT2D eigenvalue weighted by Gasteiger charge is 1.99. The molecule has 0 aromatic heterocycles. The highest BCUT2D eigenvalue weighted by Crippen LogP contribution is 2.12. The van der Waals surface area contributed by atoms with Gasteiger partial charge in [0.1, 0.15) is 5.75 Å². The van der Waals surface area contributed by atoms with Crippen molar-refractivity contribution >= 4 is 29.3 Å². The summed E-state index contributed by atoms with van der Waals surface area (Å²) in [4.78, 5) is 11.6. The second kappa shape index (κ2) is 9.06. The van der Waals surface area contributed by atoms with Gasteiger partial charge >= 0.3 is 0 Å². The number of rotatable bonds is 6. The number of hydrogen-bond donors (Lipinski definition) is 3. The van der Waals surface area contributed by atoms with Crippen molar-refractivity contribution in [3.8, 4) is 5.75 Å². The number of ether oxygens (including phenoxy) is 1. The van der Waals surface area contributed by atoms with E-state index in [4.69, 9.17) is 22.1 Å². The minimum absolute atomic E-state index is 0.0843. The predicted octanol–water partition coefficient (Wildman–Crippen LogP) is 1.08. The fourth-order valence-corrected chi connectivity index (χ4v) is 1.57. The minimum Gasteiger partial charge on any atom is -0.497 e. The van der Waals surface area contributed by atoms with Crippen molar-refractivity contribution in [2.45, 2.75) is 6.42 Å². The number of carbonyl (C=O) groups excluding carboxylic acids is 1. The summed E-state index contributed by atoms with van der Waals surface area (Å²) >= 11 is 4.93. The molecule has 0 heterocycles. The normalized spacial score (nSPS) is 10.3. The van der Waals surface area contributed by atoms with Gasteiger partial charge in [-0.3, -0.25) is 10.1 Å². The standard InChI is InChI=1S/C14H18N2O3S/c1-19-12-6-3-11(4-7-12)5-8-13(18)16-14(20)15-9-2-10-17/h3-8,17H,2,9-10H2,1H3,(H2,15,16,18,20)/b8-5+. The van der Waals surface area contributed by atoms with Crippen LogP contribution in [-0.4, -0.2) is 36.4 Å². The zero-order valence-electron chi connectivity index (χ0n) is 11.3. The number of carbonyl (C=O) groups is 1. The van der Waals surface area contributed by atoms with Crippen LogP contribution in [0.25, 0.3) is 6.08 Å². The number of benzene rings is 1. The smallest absolute Gasteiger partial charge is 0.250 e. The van der Waals surface area contributed by atoms with Gasteiger partial charge in [0.25, 0.3) is 0 Å². The Morgan fingerprint density at radius 3 is 2.70 bits per heavy atom. The lowest BCUT2D eigenvalue weighted by Gasteiger charge is -2.06. The molecule has 0 atom stereocenters. The van der Waals surface area contributed by atoms with Crippen LogP contribution in [0.2, 0.25) is 0 Å². The molecule has 1 amide bonds. The second-order valence-corrected chi connectivity index (χ2v) is 4.34. The monoisotopic (exact) mass is 294 g/mol. The maximum atomic E-state index is 11.6. The maximum Gasteiger partial charge on any atom is 0.250 e. The summed E-state index contributed by atoms with van der Waals surface area (Å²) in [5.74, 6) is 0.461. The highest BCUT2D eigenvalue weighted by atomic mass is 32.1. The van der Waals surface area contributed by atoms with Gasteiger partial charge in [-0.25, -0.2) is 0 Å². The summed E-state index contributed by atoms with van der Waals surface area (Å²) in [6.07, 6.45) is 3.67. The van der Waals surface area contributed by atoms with E-state index in [1.807, 2.05) is 24.3 Å². The van der Waals surface area contributed by atoms with E-state index < -0.39 is 0 Å². The first-order valence-electron chi connectivity index (χ1n) is 6.17. The van der Waals surface area contributed by atoms with E-state index in [1.165, 1.54) is 6.08 Å². The molecule has 0 aliphatic heterocycles. The predicted molar refractivity (Wildman–Crippen MR) is 82.5 cm³/mol. The van der Waals surface area contributed by atoms with Crippen LogP contribution in [0, 0.1) is 0 Å². The van der Waals surface area contributed by atoms with E-state index in [1.54, 1.807) is 13.2 Å². The molecule has 0 spiro atoms. The number of aliphatic hydroxyl groups excluding tert-OH is 1. The van der Waals surface area contributed by atoms with Crippen LogP contribution in [0.5, 0.6) is 5.75 Å². The highest BCUT2D eigenvalue weighted by molar-refractivity contribution is 7.80. The van der Waals surface area contributed by atoms with Crippen molar-refractivity contribution in [3.63, 3.8) is 0 Å². The van der Waals surface area contributed by atoms with E-state index in [0.29, 0.717) is 13.0 Å². The number of amides is 1. The Hall–Kier alpha value is -1.92. The van der Waals surface area contributed by atoms with Crippen molar-refractivity contribution in [2.75, 3.05) is 20.3 Å². The van der Waals surface area contributed by atoms with Crippen LogP contribution in [0.4, 0.5) is 0 Å². The molecule has 0 fully saturated rings. The van der Waals surface area contributed by atoms with Gasteiger partial charge in [-0.15, -0.1) is 0 Å². The van der Waals surface area contributed by atoms with E-state index in [-0.39, 0.29) is 17.6 Å². The Labute approximate surface area is 123 Å². The molecule has 0 unspecified atom stereocenters. The molecule has 0 radical (unpaired) electrons. The molecule has 0 aliphatic rings. The van der Waals surface area contributed by atoms with Crippen molar-refractivity contribution < 1.29 is 14.6 Å². The number of aliphatic hydroxyl groups is 1. The zero-order valence-corrected chi connectivity index (χ0v) is 12.1. The van der Waals surface area contributed by atoms with Gasteiger partial charge in [0.2, 0.25) is 5.91 Å². The Kier molecular flexibility index (Phi) is 7.31. The first-order chi connectivity index (χ1) is 9.65. The lowest BCUT2D eigenvalue weighted by molar-refractivity contribution is -0.115. The zero-order chi connectivity index (χ0) is 14.8. The number of nitrogens with one attached hydrogen (secondary N) is 2. The van der Waals surface area contributed by atoms with Crippen LogP contribution < -0.4 is 15.4 Å². The second-order valence-electron chi connectivity index (χ2n) is 3.93. The fourth-order valence-electron chi connectivity index (χ4n) is 1.37. The molecule has 1 aromatic rings. The Morgan fingerprint density at radius 2 is 2.10 bits per heavy atom. The van der Waals surface area contributed by atoms with Crippen LogP contribution >= 0.6 is 12.2 Å². The third-order valence-electron chi connectivity index (χ3n) is 2.40. The van der Waals surface area contributed by atoms with Gasteiger partial charge in [-0.05, 0) is 42.4 Å². The first-order valence-corrected chi connectivity index (χ1v) is 6.58. The molecular formula is C14H18N2O3S. The topological polar surface area (TPSA) is 70.6 Å². The van der Waals surface area contributed by atoms with E-state index in [2.05, 4.69) is 10.6 Å². The maximum absolute atomic E-state index is 11.6. The number of thiocarbonyl (C=S) groups is 1. The van der Waals surface area contributed by atoms with E-state index in [0.717, 1.165) is 11.3 Å². The number of hydrogen-bond acceptors (Lipinski definition) is 4. The average Bonchev–Trinajstić information content (AvgIpc) is 2.46. The fraction of sp³-hybridized carbons (Fsp3) is 0.286. The van der Waals surface area contributed by atoms with Gasteiger partial charge in [0.05, 0.1) is 7.11 Å². The van der Waals surface area contributed by atoms with Crippen molar-refractivity contribution in [3.05, 3.63) is 35.9 Å². The largest absolute Gasteiger partial charge is 0.497 e. The van der Waals surface area contributed by atoms with Gasteiger partial charge < -0.3 is 15.2 Å². The molecule has 0 bridgehead atoms. The lowest BCUT2D eigenvalue weighted by atomic mass is 10.2.